The third kappa shape index (κ3) is 4.76. The van der Waals surface area contributed by atoms with Gasteiger partial charge in [-0.15, -0.1) is 0 Å². The van der Waals surface area contributed by atoms with Gasteiger partial charge in [-0.3, -0.25) is 9.78 Å². The number of phenolic OH excluding ortho intramolecular Hbond substituents is 1. The van der Waals surface area contributed by atoms with Crippen molar-refractivity contribution in [3.8, 4) is 5.75 Å². The highest BCUT2D eigenvalue weighted by Crippen LogP contribution is 2.11. The molecular weight excluding hydrogens is 264 g/mol. The fourth-order valence-electron chi connectivity index (χ4n) is 1.89. The molecule has 0 unspecified atom stereocenters. The third-order valence-corrected chi connectivity index (χ3v) is 3.13. The smallest absolute Gasteiger partial charge is 0.246 e. The van der Waals surface area contributed by atoms with Crippen LogP contribution in [-0.4, -0.2) is 34.5 Å². The molecule has 1 aromatic carbocycles. The van der Waals surface area contributed by atoms with Crippen LogP contribution >= 0.6 is 0 Å². The average molecular weight is 282 g/mol. The molecule has 1 heterocycles. The number of amides is 1. The molecule has 0 aliphatic rings. The van der Waals surface area contributed by atoms with Gasteiger partial charge in [0, 0.05) is 32.1 Å². The molecule has 0 spiro atoms. The number of aromatic hydroxyl groups is 1. The molecule has 0 radical (unpaired) electrons. The van der Waals surface area contributed by atoms with E-state index in [-0.39, 0.29) is 11.7 Å². The van der Waals surface area contributed by atoms with E-state index in [2.05, 4.69) is 4.98 Å². The van der Waals surface area contributed by atoms with Gasteiger partial charge in [-0.25, -0.2) is 0 Å². The Morgan fingerprint density at radius 2 is 2.19 bits per heavy atom. The van der Waals surface area contributed by atoms with E-state index in [0.717, 1.165) is 11.1 Å². The topological polar surface area (TPSA) is 53.4 Å². The van der Waals surface area contributed by atoms with Gasteiger partial charge in [0.1, 0.15) is 5.75 Å². The summed E-state index contributed by atoms with van der Waals surface area (Å²) in [4.78, 5) is 17.6. The lowest BCUT2D eigenvalue weighted by molar-refractivity contribution is -0.124. The zero-order valence-electron chi connectivity index (χ0n) is 11.9. The van der Waals surface area contributed by atoms with Crippen molar-refractivity contribution in [2.24, 2.45) is 0 Å². The maximum atomic E-state index is 12.0. The van der Waals surface area contributed by atoms with Gasteiger partial charge in [-0.05, 0) is 41.8 Å². The quantitative estimate of drug-likeness (QED) is 0.857. The maximum absolute atomic E-state index is 12.0. The van der Waals surface area contributed by atoms with Crippen molar-refractivity contribution in [1.29, 1.82) is 0 Å². The van der Waals surface area contributed by atoms with Crippen LogP contribution in [0.3, 0.4) is 0 Å². The van der Waals surface area contributed by atoms with Gasteiger partial charge in [0.05, 0.1) is 0 Å². The van der Waals surface area contributed by atoms with E-state index in [1.165, 1.54) is 0 Å². The number of phenols is 1. The van der Waals surface area contributed by atoms with Crippen LogP contribution in [0.25, 0.3) is 6.08 Å². The van der Waals surface area contributed by atoms with Gasteiger partial charge in [0.2, 0.25) is 5.91 Å². The Morgan fingerprint density at radius 3 is 2.90 bits per heavy atom. The second kappa shape index (κ2) is 7.24. The van der Waals surface area contributed by atoms with Crippen molar-refractivity contribution in [2.45, 2.75) is 6.42 Å². The Labute approximate surface area is 124 Å². The molecule has 1 aromatic heterocycles. The number of pyridine rings is 1. The van der Waals surface area contributed by atoms with E-state index in [1.807, 2.05) is 18.2 Å². The summed E-state index contributed by atoms with van der Waals surface area (Å²) < 4.78 is 0. The molecule has 0 saturated heterocycles. The van der Waals surface area contributed by atoms with Crippen LogP contribution in [0.4, 0.5) is 0 Å². The highest BCUT2D eigenvalue weighted by atomic mass is 16.3. The van der Waals surface area contributed by atoms with Crippen molar-refractivity contribution in [3.63, 3.8) is 0 Å². The molecule has 4 nitrogen and oxygen atoms in total. The normalized spacial score (nSPS) is 10.7. The largest absolute Gasteiger partial charge is 0.508 e. The first-order valence-corrected chi connectivity index (χ1v) is 6.76. The number of likely N-dealkylation sites (N-methyl/N-ethyl adjacent to an activating group) is 1. The van der Waals surface area contributed by atoms with Crippen LogP contribution in [0, 0.1) is 0 Å². The molecule has 0 atom stereocenters. The second-order valence-corrected chi connectivity index (χ2v) is 4.80. The minimum atomic E-state index is -0.0565. The molecule has 0 bridgehead atoms. The van der Waals surface area contributed by atoms with Crippen molar-refractivity contribution in [3.05, 3.63) is 66.0 Å². The van der Waals surface area contributed by atoms with E-state index in [9.17, 15) is 9.90 Å². The Kier molecular flexibility index (Phi) is 5.10. The first-order valence-electron chi connectivity index (χ1n) is 6.76. The zero-order valence-corrected chi connectivity index (χ0v) is 11.9. The first kappa shape index (κ1) is 14.8. The molecule has 0 aliphatic heterocycles. The Hall–Kier alpha value is -2.62. The standard InChI is InChI=1S/C17H18N2O2/c1-19(11-9-14-4-2-6-16(20)12-14)17(21)8-7-15-5-3-10-18-13-15/h2-8,10,12-13,20H,9,11H2,1H3. The summed E-state index contributed by atoms with van der Waals surface area (Å²) in [6.07, 6.45) is 7.40. The van der Waals surface area contributed by atoms with Crippen LogP contribution in [-0.2, 0) is 11.2 Å². The number of rotatable bonds is 5. The minimum Gasteiger partial charge on any atom is -0.508 e. The summed E-state index contributed by atoms with van der Waals surface area (Å²) in [5.74, 6) is 0.192. The summed E-state index contributed by atoms with van der Waals surface area (Å²) in [6.45, 7) is 0.597. The summed E-state index contributed by atoms with van der Waals surface area (Å²) in [7, 11) is 1.76. The summed E-state index contributed by atoms with van der Waals surface area (Å²) in [5.41, 5.74) is 1.90. The zero-order chi connectivity index (χ0) is 15.1. The van der Waals surface area contributed by atoms with Crippen molar-refractivity contribution in [2.75, 3.05) is 13.6 Å². The predicted octanol–water partition coefficient (Wildman–Crippen LogP) is 2.50. The van der Waals surface area contributed by atoms with Gasteiger partial charge in [-0.1, -0.05) is 18.2 Å². The molecule has 0 fully saturated rings. The number of carbonyl (C=O) groups is 1. The average Bonchev–Trinajstić information content (AvgIpc) is 2.51. The number of hydrogen-bond donors (Lipinski definition) is 1. The lowest BCUT2D eigenvalue weighted by Crippen LogP contribution is -2.27. The van der Waals surface area contributed by atoms with E-state index < -0.39 is 0 Å². The van der Waals surface area contributed by atoms with Gasteiger partial charge >= 0.3 is 0 Å². The Bertz CT molecular complexity index is 624. The van der Waals surface area contributed by atoms with E-state index in [0.29, 0.717) is 13.0 Å². The highest BCUT2D eigenvalue weighted by molar-refractivity contribution is 5.91. The molecule has 1 N–H and O–H groups in total. The third-order valence-electron chi connectivity index (χ3n) is 3.13. The Balaban J connectivity index is 1.87. The number of aromatic nitrogens is 1. The molecule has 1 amide bonds. The number of hydrogen-bond acceptors (Lipinski definition) is 3. The minimum absolute atomic E-state index is 0.0565. The Morgan fingerprint density at radius 1 is 1.33 bits per heavy atom. The van der Waals surface area contributed by atoms with E-state index >= 15 is 0 Å². The van der Waals surface area contributed by atoms with Crippen molar-refractivity contribution in [1.82, 2.24) is 9.88 Å². The maximum Gasteiger partial charge on any atom is 0.246 e. The van der Waals surface area contributed by atoms with Gasteiger partial charge < -0.3 is 10.0 Å². The van der Waals surface area contributed by atoms with E-state index in [4.69, 9.17) is 0 Å². The van der Waals surface area contributed by atoms with Crippen LogP contribution in [0.1, 0.15) is 11.1 Å². The monoisotopic (exact) mass is 282 g/mol. The SMILES string of the molecule is CN(CCc1cccc(O)c1)C(=O)C=Cc1cccnc1. The summed E-state index contributed by atoms with van der Waals surface area (Å²) >= 11 is 0. The number of nitrogens with zero attached hydrogens (tertiary/aromatic N) is 2. The molecule has 2 rings (SSSR count). The van der Waals surface area contributed by atoms with Gasteiger partial charge in [0.25, 0.3) is 0 Å². The van der Waals surface area contributed by atoms with Crippen LogP contribution in [0.15, 0.2) is 54.9 Å². The summed E-state index contributed by atoms with van der Waals surface area (Å²) in [5, 5.41) is 9.40. The molecular formula is C17H18N2O2. The fourth-order valence-corrected chi connectivity index (χ4v) is 1.89. The highest BCUT2D eigenvalue weighted by Gasteiger charge is 2.05. The lowest BCUT2D eigenvalue weighted by Gasteiger charge is -2.15. The van der Waals surface area contributed by atoms with Gasteiger partial charge in [-0.2, -0.15) is 0 Å². The van der Waals surface area contributed by atoms with E-state index in [1.54, 1.807) is 54.7 Å². The predicted molar refractivity (Wildman–Crippen MR) is 82.7 cm³/mol. The van der Waals surface area contributed by atoms with Gasteiger partial charge in [0.15, 0.2) is 0 Å². The van der Waals surface area contributed by atoms with Crippen LogP contribution in [0.2, 0.25) is 0 Å². The van der Waals surface area contributed by atoms with Crippen LogP contribution in [0.5, 0.6) is 5.75 Å². The lowest BCUT2D eigenvalue weighted by atomic mass is 10.1. The molecule has 4 heteroatoms. The molecule has 21 heavy (non-hydrogen) atoms. The summed E-state index contributed by atoms with van der Waals surface area (Å²) in [6, 6.07) is 10.8. The first-order chi connectivity index (χ1) is 10.1. The van der Waals surface area contributed by atoms with Crippen LogP contribution < -0.4 is 0 Å². The molecule has 108 valence electrons. The second-order valence-electron chi connectivity index (χ2n) is 4.80. The molecule has 0 saturated carbocycles. The molecule has 2 aromatic rings. The number of carbonyl (C=O) groups excluding carboxylic acids is 1. The van der Waals surface area contributed by atoms with Crippen molar-refractivity contribution >= 4 is 12.0 Å². The van der Waals surface area contributed by atoms with Crippen molar-refractivity contribution < 1.29 is 9.90 Å². The molecule has 0 aliphatic carbocycles. The fraction of sp³-hybridized carbons (Fsp3) is 0.176. The number of benzene rings is 1.